The molecule has 0 saturated heterocycles. The number of rotatable bonds is 9. The summed E-state index contributed by atoms with van der Waals surface area (Å²) in [6.07, 6.45) is 0. The molecular weight excluding hydrogens is 879 g/mol. The Hall–Kier alpha value is -8.52. The van der Waals surface area contributed by atoms with Gasteiger partial charge in [0.15, 0.2) is 0 Å². The van der Waals surface area contributed by atoms with Crippen molar-refractivity contribution in [2.75, 3.05) is 4.90 Å². The molecular formula is C72H57N. The minimum atomic E-state index is -0.305. The van der Waals surface area contributed by atoms with Crippen LogP contribution in [0, 0.1) is 0 Å². The lowest BCUT2D eigenvalue weighted by molar-refractivity contribution is 0.660. The minimum Gasteiger partial charge on any atom is -0.310 e. The van der Waals surface area contributed by atoms with Crippen molar-refractivity contribution in [2.24, 2.45) is 0 Å². The van der Waals surface area contributed by atoms with Crippen LogP contribution in [0.3, 0.4) is 0 Å². The van der Waals surface area contributed by atoms with Crippen molar-refractivity contribution in [2.45, 2.75) is 50.9 Å². The molecule has 0 spiro atoms. The highest BCUT2D eigenvalue weighted by molar-refractivity contribution is 6.06. The van der Waals surface area contributed by atoms with E-state index >= 15 is 0 Å². The molecule has 0 heterocycles. The van der Waals surface area contributed by atoms with Crippen LogP contribution in [-0.2, 0) is 16.2 Å². The summed E-state index contributed by atoms with van der Waals surface area (Å²) in [7, 11) is 0. The van der Waals surface area contributed by atoms with Crippen molar-refractivity contribution >= 4 is 27.8 Å². The van der Waals surface area contributed by atoms with Gasteiger partial charge in [-0.25, -0.2) is 0 Å². The average Bonchev–Trinajstić information content (AvgIpc) is 3.82. The maximum atomic E-state index is 2.49. The van der Waals surface area contributed by atoms with E-state index in [9.17, 15) is 0 Å². The Kier molecular flexibility index (Phi) is 10.4. The molecule has 2 aliphatic carbocycles. The Morgan fingerprint density at radius 3 is 1.42 bits per heavy atom. The lowest BCUT2D eigenvalue weighted by Gasteiger charge is -2.32. The van der Waals surface area contributed by atoms with E-state index in [0.29, 0.717) is 0 Å². The molecule has 0 radical (unpaired) electrons. The van der Waals surface area contributed by atoms with Crippen molar-refractivity contribution in [1.82, 2.24) is 0 Å². The molecule has 0 N–H and O–H groups in total. The first-order valence-electron chi connectivity index (χ1n) is 25.8. The van der Waals surface area contributed by atoms with E-state index in [-0.39, 0.29) is 16.2 Å². The molecule has 1 nitrogen and oxygen atoms in total. The zero-order chi connectivity index (χ0) is 49.5. The molecule has 2 aliphatic rings. The summed E-state index contributed by atoms with van der Waals surface area (Å²) in [6, 6.07) is 95.0. The second kappa shape index (κ2) is 17.1. The summed E-state index contributed by atoms with van der Waals surface area (Å²) < 4.78 is 0. The van der Waals surface area contributed by atoms with Crippen LogP contribution in [0.15, 0.2) is 255 Å². The topological polar surface area (TPSA) is 3.24 Å². The first-order valence-corrected chi connectivity index (χ1v) is 25.8. The summed E-state index contributed by atoms with van der Waals surface area (Å²) in [5, 5.41) is 2.43. The lowest BCUT2D eigenvalue weighted by atomic mass is 9.71. The number of anilines is 3. The Morgan fingerprint density at radius 1 is 0.315 bits per heavy atom. The molecule has 0 atom stereocenters. The van der Waals surface area contributed by atoms with Gasteiger partial charge in [0.1, 0.15) is 0 Å². The van der Waals surface area contributed by atoms with Crippen LogP contribution in [0.4, 0.5) is 17.1 Å². The lowest BCUT2D eigenvalue weighted by Crippen LogP contribution is -2.25. The van der Waals surface area contributed by atoms with Crippen LogP contribution in [0.5, 0.6) is 0 Å². The van der Waals surface area contributed by atoms with Crippen LogP contribution < -0.4 is 4.90 Å². The van der Waals surface area contributed by atoms with Gasteiger partial charge in [-0.3, -0.25) is 0 Å². The third-order valence-corrected chi connectivity index (χ3v) is 16.7. The Labute approximate surface area is 430 Å². The van der Waals surface area contributed by atoms with Crippen LogP contribution in [0.2, 0.25) is 0 Å². The largest absolute Gasteiger partial charge is 0.310 e. The van der Waals surface area contributed by atoms with E-state index in [4.69, 9.17) is 0 Å². The quantitative estimate of drug-likeness (QED) is 0.130. The standard InChI is InChI=1S/C72H57N/c1-70(2)65-27-17-15-25-61(65)63-47-58(42-44-66(63)70)73(57-40-34-49(35-41-57)48-32-38-56(39-33-48)72(5,54-19-8-6-9-20-54)55-21-10-7-11-22-55)68-45-37-51-18-12-13-23-59(51)69(68)52-30-28-50(29-31-52)53-36-43-62-60-24-14-16-26-64(60)71(3,4)67(62)46-53/h6-47H,1-5H3. The molecule has 0 saturated carbocycles. The predicted octanol–water partition coefficient (Wildman–Crippen LogP) is 19.3. The first-order chi connectivity index (χ1) is 35.6. The van der Waals surface area contributed by atoms with Crippen LogP contribution in [0.25, 0.3) is 66.4 Å². The normalized spacial score (nSPS) is 13.8. The van der Waals surface area contributed by atoms with Gasteiger partial charge in [0.2, 0.25) is 0 Å². The molecule has 350 valence electrons. The van der Waals surface area contributed by atoms with Gasteiger partial charge in [-0.05, 0) is 143 Å². The van der Waals surface area contributed by atoms with Gasteiger partial charge in [-0.2, -0.15) is 0 Å². The fourth-order valence-electron chi connectivity index (χ4n) is 12.6. The molecule has 11 aromatic rings. The average molecular weight is 936 g/mol. The molecule has 0 aromatic heterocycles. The first kappa shape index (κ1) is 44.4. The fraction of sp³-hybridized carbons (Fsp3) is 0.111. The van der Waals surface area contributed by atoms with E-state index < -0.39 is 0 Å². The van der Waals surface area contributed by atoms with E-state index in [2.05, 4.69) is 294 Å². The highest BCUT2D eigenvalue weighted by atomic mass is 15.1. The number of hydrogen-bond acceptors (Lipinski definition) is 1. The number of fused-ring (bicyclic) bond motifs is 7. The van der Waals surface area contributed by atoms with Crippen molar-refractivity contribution in [3.63, 3.8) is 0 Å². The van der Waals surface area contributed by atoms with Gasteiger partial charge >= 0.3 is 0 Å². The van der Waals surface area contributed by atoms with Gasteiger partial charge in [0.25, 0.3) is 0 Å². The molecule has 73 heavy (non-hydrogen) atoms. The summed E-state index contributed by atoms with van der Waals surface area (Å²) in [6.45, 7) is 11.8. The second-order valence-corrected chi connectivity index (χ2v) is 21.4. The molecule has 0 unspecified atom stereocenters. The zero-order valence-corrected chi connectivity index (χ0v) is 42.2. The van der Waals surface area contributed by atoms with E-state index in [1.54, 1.807) is 0 Å². The number of hydrogen-bond donors (Lipinski definition) is 0. The zero-order valence-electron chi connectivity index (χ0n) is 42.2. The highest BCUT2D eigenvalue weighted by Crippen LogP contribution is 2.53. The van der Waals surface area contributed by atoms with E-state index in [1.165, 1.54) is 105 Å². The second-order valence-electron chi connectivity index (χ2n) is 21.4. The molecule has 1 heteroatoms. The van der Waals surface area contributed by atoms with Gasteiger partial charge in [0.05, 0.1) is 5.69 Å². The molecule has 0 amide bonds. The van der Waals surface area contributed by atoms with Crippen LogP contribution >= 0.6 is 0 Å². The fourth-order valence-corrected chi connectivity index (χ4v) is 12.6. The van der Waals surface area contributed by atoms with Crippen molar-refractivity contribution in [3.05, 3.63) is 294 Å². The predicted molar refractivity (Wildman–Crippen MR) is 309 cm³/mol. The number of benzene rings is 11. The van der Waals surface area contributed by atoms with E-state index in [0.717, 1.165) is 17.1 Å². The van der Waals surface area contributed by atoms with Crippen LogP contribution in [0.1, 0.15) is 73.6 Å². The van der Waals surface area contributed by atoms with E-state index in [1.807, 2.05) is 0 Å². The molecule has 0 bridgehead atoms. The molecule has 13 rings (SSSR count). The van der Waals surface area contributed by atoms with Gasteiger partial charge in [-0.1, -0.05) is 246 Å². The van der Waals surface area contributed by atoms with Crippen molar-refractivity contribution in [3.8, 4) is 55.6 Å². The molecule has 11 aromatic carbocycles. The summed E-state index contributed by atoms with van der Waals surface area (Å²) in [5.74, 6) is 0. The minimum absolute atomic E-state index is 0.0609. The van der Waals surface area contributed by atoms with Gasteiger partial charge in [0, 0.05) is 33.2 Å². The van der Waals surface area contributed by atoms with Gasteiger partial charge in [-0.15, -0.1) is 0 Å². The maximum Gasteiger partial charge on any atom is 0.0546 e. The smallest absolute Gasteiger partial charge is 0.0546 e. The third kappa shape index (κ3) is 7.13. The highest BCUT2D eigenvalue weighted by Gasteiger charge is 2.37. The number of nitrogens with zero attached hydrogens (tertiary/aromatic N) is 1. The van der Waals surface area contributed by atoms with Gasteiger partial charge < -0.3 is 4.90 Å². The Balaban J connectivity index is 0.925. The molecule has 0 aliphatic heterocycles. The summed E-state index contributed by atoms with van der Waals surface area (Å²) >= 11 is 0. The maximum absolute atomic E-state index is 2.49. The summed E-state index contributed by atoms with van der Waals surface area (Å²) in [4.78, 5) is 2.49. The monoisotopic (exact) mass is 935 g/mol. The van der Waals surface area contributed by atoms with Crippen LogP contribution in [-0.4, -0.2) is 0 Å². The third-order valence-electron chi connectivity index (χ3n) is 16.7. The van der Waals surface area contributed by atoms with Crippen molar-refractivity contribution in [1.29, 1.82) is 0 Å². The Bertz CT molecular complexity index is 3840. The molecule has 0 fully saturated rings. The summed E-state index contributed by atoms with van der Waals surface area (Å²) in [5.41, 5.74) is 24.7. The Morgan fingerprint density at radius 2 is 0.767 bits per heavy atom. The van der Waals surface area contributed by atoms with Crippen molar-refractivity contribution < 1.29 is 0 Å². The SMILES string of the molecule is CC1(C)c2ccccc2-c2cc(N(c3ccc(-c4ccc(C(C)(c5ccccc5)c5ccccc5)cc4)cc3)c3ccc4ccccc4c3-c3ccc(-c4ccc5c(c4)C(C)(C)c4ccccc4-5)cc3)ccc21.